The van der Waals surface area contributed by atoms with Crippen LogP contribution in [0.2, 0.25) is 0 Å². The van der Waals surface area contributed by atoms with Crippen molar-refractivity contribution in [3.8, 4) is 11.5 Å². The lowest BCUT2D eigenvalue weighted by molar-refractivity contribution is -0.385. The van der Waals surface area contributed by atoms with E-state index in [4.69, 9.17) is 21.7 Å². The Hall–Kier alpha value is -3.46. The fourth-order valence-electron chi connectivity index (χ4n) is 2.91. The lowest BCUT2D eigenvalue weighted by Crippen LogP contribution is -2.30. The molecule has 0 radical (unpaired) electrons. The van der Waals surface area contributed by atoms with Gasteiger partial charge in [0.1, 0.15) is 18.1 Å². The molecule has 2 aromatic carbocycles. The Bertz CT molecular complexity index is 1010. The molecule has 0 unspecified atom stereocenters. The summed E-state index contributed by atoms with van der Waals surface area (Å²) >= 11 is 5.16. The van der Waals surface area contributed by atoms with E-state index in [0.717, 1.165) is 5.56 Å². The number of nitrogens with one attached hydrogen (secondary N) is 1. The summed E-state index contributed by atoms with van der Waals surface area (Å²) in [5, 5.41) is 14.4. The van der Waals surface area contributed by atoms with Gasteiger partial charge >= 0.3 is 5.69 Å². The fourth-order valence-corrected chi connectivity index (χ4v) is 3.23. The number of methoxy groups -OCH3 is 1. The van der Waals surface area contributed by atoms with Crippen LogP contribution in [0.1, 0.15) is 18.1 Å². The first kappa shape index (κ1) is 20.3. The molecule has 1 fully saturated rings. The molecule has 1 amide bonds. The molecule has 3 rings (SSSR count). The number of likely N-dealkylation sites (N-methyl/N-ethyl adjacent to an activating group) is 1. The Labute approximate surface area is 172 Å². The van der Waals surface area contributed by atoms with Gasteiger partial charge in [-0.15, -0.1) is 0 Å². The first-order valence-electron chi connectivity index (χ1n) is 8.82. The van der Waals surface area contributed by atoms with Gasteiger partial charge in [-0.1, -0.05) is 18.2 Å². The number of carbonyl (C=O) groups is 1. The lowest BCUT2D eigenvalue weighted by atomic mass is 10.1. The summed E-state index contributed by atoms with van der Waals surface area (Å²) in [5.74, 6) is 0.549. The van der Waals surface area contributed by atoms with Gasteiger partial charge in [0.05, 0.1) is 12.0 Å². The maximum atomic E-state index is 12.4. The summed E-state index contributed by atoms with van der Waals surface area (Å²) < 4.78 is 11.0. The first-order valence-corrected chi connectivity index (χ1v) is 9.23. The molecule has 0 spiro atoms. The van der Waals surface area contributed by atoms with Gasteiger partial charge in [0.2, 0.25) is 0 Å². The van der Waals surface area contributed by atoms with E-state index in [0.29, 0.717) is 28.7 Å². The zero-order valence-electron chi connectivity index (χ0n) is 15.9. The normalized spacial score (nSPS) is 14.8. The van der Waals surface area contributed by atoms with E-state index in [1.807, 2.05) is 6.92 Å². The maximum absolute atomic E-state index is 12.4. The average Bonchev–Trinajstić information content (AvgIpc) is 2.99. The summed E-state index contributed by atoms with van der Waals surface area (Å²) in [4.78, 5) is 24.5. The summed E-state index contributed by atoms with van der Waals surface area (Å²) in [6.07, 6.45) is 1.69. The predicted octanol–water partition coefficient (Wildman–Crippen LogP) is 3.26. The van der Waals surface area contributed by atoms with Crippen LogP contribution in [0.3, 0.4) is 0 Å². The highest BCUT2D eigenvalue weighted by molar-refractivity contribution is 7.80. The standard InChI is InChI=1S/C20H19N3O5S/c1-3-22-19(24)15(21-20(22)29)11-13-8-9-17(27-2)14(10-13)12-28-18-7-5-4-6-16(18)23(25)26/h4-11H,3,12H2,1-2H3,(H,21,29)/b15-11+. The van der Waals surface area contributed by atoms with Crippen molar-refractivity contribution < 1.29 is 19.2 Å². The molecule has 29 heavy (non-hydrogen) atoms. The number of nitro groups is 1. The Morgan fingerprint density at radius 3 is 2.66 bits per heavy atom. The van der Waals surface area contributed by atoms with Crippen LogP contribution in [0.25, 0.3) is 6.08 Å². The topological polar surface area (TPSA) is 93.9 Å². The molecular weight excluding hydrogens is 394 g/mol. The predicted molar refractivity (Wildman–Crippen MR) is 112 cm³/mol. The molecule has 2 aromatic rings. The van der Waals surface area contributed by atoms with Crippen LogP contribution < -0.4 is 14.8 Å². The fraction of sp³-hybridized carbons (Fsp3) is 0.200. The largest absolute Gasteiger partial charge is 0.496 e. The third-order valence-corrected chi connectivity index (χ3v) is 4.66. The number of carbonyl (C=O) groups excluding carboxylic acids is 1. The van der Waals surface area contributed by atoms with Crippen molar-refractivity contribution >= 4 is 35.0 Å². The molecule has 1 aliphatic heterocycles. The highest BCUT2D eigenvalue weighted by atomic mass is 32.1. The zero-order chi connectivity index (χ0) is 21.0. The highest BCUT2D eigenvalue weighted by Crippen LogP contribution is 2.29. The smallest absolute Gasteiger partial charge is 0.310 e. The molecule has 0 atom stereocenters. The number of hydrogen-bond donors (Lipinski definition) is 1. The summed E-state index contributed by atoms with van der Waals surface area (Å²) in [5.41, 5.74) is 1.69. The van der Waals surface area contributed by atoms with Crippen molar-refractivity contribution in [3.63, 3.8) is 0 Å². The number of rotatable bonds is 7. The van der Waals surface area contributed by atoms with E-state index >= 15 is 0 Å². The van der Waals surface area contributed by atoms with E-state index in [-0.39, 0.29) is 24.0 Å². The number of nitrogens with zero attached hydrogens (tertiary/aromatic N) is 2. The quantitative estimate of drug-likeness (QED) is 0.322. The maximum Gasteiger partial charge on any atom is 0.310 e. The second-order valence-electron chi connectivity index (χ2n) is 6.12. The molecule has 8 nitrogen and oxygen atoms in total. The van der Waals surface area contributed by atoms with Gasteiger partial charge < -0.3 is 14.8 Å². The SMILES string of the molecule is CCN1C(=O)/C(=C\c2ccc(OC)c(COc3ccccc3[N+](=O)[O-])c2)NC1=S. The Balaban J connectivity index is 1.85. The highest BCUT2D eigenvalue weighted by Gasteiger charge is 2.29. The molecule has 1 saturated heterocycles. The number of para-hydroxylation sites is 2. The number of nitro benzene ring substituents is 1. The summed E-state index contributed by atoms with van der Waals surface area (Å²) in [6, 6.07) is 11.5. The zero-order valence-corrected chi connectivity index (χ0v) is 16.7. The Morgan fingerprint density at radius 1 is 1.24 bits per heavy atom. The third-order valence-electron chi connectivity index (χ3n) is 4.34. The molecule has 1 aliphatic rings. The van der Waals surface area contributed by atoms with Gasteiger partial charge in [-0.05, 0) is 49.0 Å². The minimum Gasteiger partial charge on any atom is -0.496 e. The first-order chi connectivity index (χ1) is 13.9. The van der Waals surface area contributed by atoms with E-state index < -0.39 is 4.92 Å². The molecule has 1 heterocycles. The molecule has 0 bridgehead atoms. The molecule has 1 N–H and O–H groups in total. The van der Waals surface area contributed by atoms with Gasteiger partial charge in [-0.3, -0.25) is 19.8 Å². The number of thiocarbonyl (C=S) groups is 1. The minimum absolute atomic E-state index is 0.0614. The molecule has 0 aliphatic carbocycles. The van der Waals surface area contributed by atoms with Crippen molar-refractivity contribution in [3.05, 3.63) is 69.4 Å². The average molecular weight is 413 g/mol. The van der Waals surface area contributed by atoms with Crippen molar-refractivity contribution in [1.82, 2.24) is 10.2 Å². The number of amides is 1. The van der Waals surface area contributed by atoms with Crippen LogP contribution in [-0.4, -0.2) is 34.5 Å². The number of benzene rings is 2. The van der Waals surface area contributed by atoms with Crippen molar-refractivity contribution in [2.24, 2.45) is 0 Å². The Kier molecular flexibility index (Phi) is 6.08. The summed E-state index contributed by atoms with van der Waals surface area (Å²) in [6.45, 7) is 2.39. The van der Waals surface area contributed by atoms with Gasteiger partial charge in [0.15, 0.2) is 10.9 Å². The van der Waals surface area contributed by atoms with Crippen LogP contribution >= 0.6 is 12.2 Å². The van der Waals surface area contributed by atoms with Crippen molar-refractivity contribution in [2.45, 2.75) is 13.5 Å². The van der Waals surface area contributed by atoms with Crippen molar-refractivity contribution in [2.75, 3.05) is 13.7 Å². The van der Waals surface area contributed by atoms with Gasteiger partial charge in [0, 0.05) is 18.2 Å². The number of ether oxygens (including phenoxy) is 2. The van der Waals surface area contributed by atoms with Crippen LogP contribution in [0.4, 0.5) is 5.69 Å². The second kappa shape index (κ2) is 8.70. The molecule has 150 valence electrons. The van der Waals surface area contributed by atoms with Crippen LogP contribution in [0.15, 0.2) is 48.2 Å². The van der Waals surface area contributed by atoms with Crippen molar-refractivity contribution in [1.29, 1.82) is 0 Å². The monoisotopic (exact) mass is 413 g/mol. The molecule has 0 aromatic heterocycles. The van der Waals surface area contributed by atoms with Crippen LogP contribution in [-0.2, 0) is 11.4 Å². The number of hydrogen-bond acceptors (Lipinski definition) is 6. The third kappa shape index (κ3) is 4.35. The second-order valence-corrected chi connectivity index (χ2v) is 6.51. The molecule has 9 heteroatoms. The van der Waals surface area contributed by atoms with E-state index in [2.05, 4.69) is 5.32 Å². The van der Waals surface area contributed by atoms with Gasteiger partial charge in [-0.2, -0.15) is 0 Å². The van der Waals surface area contributed by atoms with E-state index in [9.17, 15) is 14.9 Å². The van der Waals surface area contributed by atoms with E-state index in [1.54, 1.807) is 36.4 Å². The van der Waals surface area contributed by atoms with Crippen LogP contribution in [0.5, 0.6) is 11.5 Å². The lowest BCUT2D eigenvalue weighted by Gasteiger charge is -2.11. The van der Waals surface area contributed by atoms with E-state index in [1.165, 1.54) is 24.1 Å². The Morgan fingerprint density at radius 2 is 2.00 bits per heavy atom. The van der Waals surface area contributed by atoms with Crippen LogP contribution in [0, 0.1) is 10.1 Å². The summed E-state index contributed by atoms with van der Waals surface area (Å²) in [7, 11) is 1.53. The van der Waals surface area contributed by atoms with Gasteiger partial charge in [0.25, 0.3) is 5.91 Å². The minimum atomic E-state index is -0.493. The van der Waals surface area contributed by atoms with Gasteiger partial charge in [-0.25, -0.2) is 0 Å². The molecular formula is C20H19N3O5S. The molecule has 0 saturated carbocycles.